The molecule has 1 saturated carbocycles. The number of nitrogens with one attached hydrogen (secondary N) is 1. The van der Waals surface area contributed by atoms with Gasteiger partial charge < -0.3 is 19.4 Å². The van der Waals surface area contributed by atoms with Gasteiger partial charge in [-0.1, -0.05) is 17.8 Å². The number of thioether (sulfide) groups is 1. The summed E-state index contributed by atoms with van der Waals surface area (Å²) in [6.45, 7) is 0.739. The van der Waals surface area contributed by atoms with E-state index < -0.39 is 0 Å². The van der Waals surface area contributed by atoms with Gasteiger partial charge in [0.05, 0.1) is 5.75 Å². The van der Waals surface area contributed by atoms with Crippen molar-refractivity contribution in [2.75, 3.05) is 12.5 Å². The molecule has 120 valence electrons. The van der Waals surface area contributed by atoms with Crippen LogP contribution < -0.4 is 14.8 Å². The number of aromatic nitrogens is 2. The highest BCUT2D eigenvalue weighted by Crippen LogP contribution is 2.37. The summed E-state index contributed by atoms with van der Waals surface area (Å²) in [6, 6.07) is 6.28. The molecule has 1 N–H and O–H groups in total. The van der Waals surface area contributed by atoms with E-state index >= 15 is 0 Å². The maximum Gasteiger partial charge on any atom is 0.231 e. The lowest BCUT2D eigenvalue weighted by atomic mass is 10.2. The summed E-state index contributed by atoms with van der Waals surface area (Å²) >= 11 is 1.48. The highest BCUT2D eigenvalue weighted by atomic mass is 32.2. The van der Waals surface area contributed by atoms with E-state index in [0.717, 1.165) is 22.2 Å². The van der Waals surface area contributed by atoms with Crippen molar-refractivity contribution in [3.8, 4) is 11.5 Å². The third-order valence-electron chi connectivity index (χ3n) is 3.83. The molecule has 2 aromatic rings. The van der Waals surface area contributed by atoms with Gasteiger partial charge in [-0.05, 0) is 30.5 Å². The van der Waals surface area contributed by atoms with E-state index in [2.05, 4.69) is 14.9 Å². The predicted octanol–water partition coefficient (Wildman–Crippen LogP) is 2.36. The van der Waals surface area contributed by atoms with Crippen LogP contribution in [0, 0.1) is 0 Å². The lowest BCUT2D eigenvalue weighted by molar-refractivity contribution is -0.118. The molecule has 2 heterocycles. The van der Waals surface area contributed by atoms with Gasteiger partial charge in [0.15, 0.2) is 16.7 Å². The van der Waals surface area contributed by atoms with Crippen LogP contribution in [-0.4, -0.2) is 28.0 Å². The Morgan fingerprint density at radius 1 is 1.35 bits per heavy atom. The molecule has 7 heteroatoms. The maximum atomic E-state index is 12.0. The van der Waals surface area contributed by atoms with Gasteiger partial charge in [-0.25, -0.2) is 4.98 Å². The van der Waals surface area contributed by atoms with Crippen LogP contribution in [0.5, 0.6) is 11.5 Å². The minimum atomic E-state index is -0.00184. The van der Waals surface area contributed by atoms with Gasteiger partial charge in [0.25, 0.3) is 0 Å². The lowest BCUT2D eigenvalue weighted by Gasteiger charge is -2.07. The number of rotatable bonds is 6. The van der Waals surface area contributed by atoms with Crippen LogP contribution in [0.4, 0.5) is 0 Å². The molecule has 6 nitrogen and oxygen atoms in total. The average molecular weight is 331 g/mol. The topological polar surface area (TPSA) is 65.4 Å². The number of carbonyl (C=O) groups is 1. The minimum Gasteiger partial charge on any atom is -0.454 e. The van der Waals surface area contributed by atoms with Gasteiger partial charge in [0.1, 0.15) is 0 Å². The highest BCUT2D eigenvalue weighted by Gasteiger charge is 2.25. The van der Waals surface area contributed by atoms with Crippen LogP contribution in [0.1, 0.15) is 24.4 Å². The molecule has 4 rings (SSSR count). The summed E-state index contributed by atoms with van der Waals surface area (Å²) in [6.07, 6.45) is 6.20. The van der Waals surface area contributed by atoms with Gasteiger partial charge >= 0.3 is 0 Å². The molecular weight excluding hydrogens is 314 g/mol. The zero-order valence-electron chi connectivity index (χ0n) is 12.5. The van der Waals surface area contributed by atoms with Crippen molar-refractivity contribution in [3.05, 3.63) is 36.2 Å². The van der Waals surface area contributed by atoms with Crippen molar-refractivity contribution in [2.24, 2.45) is 0 Å². The monoisotopic (exact) mass is 331 g/mol. The van der Waals surface area contributed by atoms with Gasteiger partial charge in [0, 0.05) is 25.0 Å². The van der Waals surface area contributed by atoms with Gasteiger partial charge in [0.2, 0.25) is 12.7 Å². The van der Waals surface area contributed by atoms with Crippen LogP contribution in [0.25, 0.3) is 0 Å². The van der Waals surface area contributed by atoms with Gasteiger partial charge in [-0.15, -0.1) is 0 Å². The van der Waals surface area contributed by atoms with Crippen LogP contribution in [0.3, 0.4) is 0 Å². The van der Waals surface area contributed by atoms with E-state index in [1.165, 1.54) is 24.6 Å². The van der Waals surface area contributed by atoms with Crippen LogP contribution in [-0.2, 0) is 11.3 Å². The van der Waals surface area contributed by atoms with Crippen LogP contribution in [0.2, 0.25) is 0 Å². The second-order valence-electron chi connectivity index (χ2n) is 5.60. The Morgan fingerprint density at radius 2 is 2.22 bits per heavy atom. The SMILES string of the molecule is O=C(CSc1nccn1C1CC1)NCc1ccc2c(c1)OCO2. The highest BCUT2D eigenvalue weighted by molar-refractivity contribution is 7.99. The number of hydrogen-bond donors (Lipinski definition) is 1. The van der Waals surface area contributed by atoms with Gasteiger partial charge in [-0.3, -0.25) is 4.79 Å². The zero-order chi connectivity index (χ0) is 15.6. The van der Waals surface area contributed by atoms with Crippen molar-refractivity contribution in [3.63, 3.8) is 0 Å². The zero-order valence-corrected chi connectivity index (χ0v) is 13.3. The van der Waals surface area contributed by atoms with E-state index in [9.17, 15) is 4.79 Å². The number of carbonyl (C=O) groups excluding carboxylic acids is 1. The first-order chi connectivity index (χ1) is 11.3. The Balaban J connectivity index is 1.28. The largest absolute Gasteiger partial charge is 0.454 e. The van der Waals surface area contributed by atoms with E-state index in [4.69, 9.17) is 9.47 Å². The third kappa shape index (κ3) is 3.29. The fraction of sp³-hybridized carbons (Fsp3) is 0.375. The molecular formula is C16H17N3O3S. The number of nitrogens with zero attached hydrogens (tertiary/aromatic N) is 2. The normalized spacial score (nSPS) is 15.7. The van der Waals surface area contributed by atoms with Crippen LogP contribution in [0.15, 0.2) is 35.7 Å². The maximum absolute atomic E-state index is 12.0. The predicted molar refractivity (Wildman–Crippen MR) is 85.6 cm³/mol. The average Bonchev–Trinajstić information content (AvgIpc) is 3.11. The lowest BCUT2D eigenvalue weighted by Crippen LogP contribution is -2.24. The quantitative estimate of drug-likeness (QED) is 0.823. The van der Waals surface area contributed by atoms with E-state index in [1.54, 1.807) is 6.20 Å². The summed E-state index contributed by atoms with van der Waals surface area (Å²) in [5, 5.41) is 3.85. The molecule has 2 aliphatic rings. The molecule has 0 unspecified atom stereocenters. The number of hydrogen-bond acceptors (Lipinski definition) is 5. The first kappa shape index (κ1) is 14.4. The molecule has 1 aromatic heterocycles. The first-order valence-electron chi connectivity index (χ1n) is 7.60. The molecule has 23 heavy (non-hydrogen) atoms. The van der Waals surface area contributed by atoms with Crippen molar-refractivity contribution in [2.45, 2.75) is 30.6 Å². The summed E-state index contributed by atoms with van der Waals surface area (Å²) < 4.78 is 12.8. The number of benzene rings is 1. The summed E-state index contributed by atoms with van der Waals surface area (Å²) in [7, 11) is 0. The number of imidazole rings is 1. The molecule has 1 fully saturated rings. The Labute approximate surface area is 138 Å². The fourth-order valence-corrected chi connectivity index (χ4v) is 3.33. The fourth-order valence-electron chi connectivity index (χ4n) is 2.47. The summed E-state index contributed by atoms with van der Waals surface area (Å²) in [5.74, 6) is 1.85. The molecule has 1 aliphatic heterocycles. The molecule has 0 radical (unpaired) electrons. The Kier molecular flexibility index (Phi) is 3.87. The molecule has 1 amide bonds. The van der Waals surface area contributed by atoms with E-state index in [0.29, 0.717) is 18.3 Å². The number of amides is 1. The number of ether oxygens (including phenoxy) is 2. The molecule has 0 bridgehead atoms. The molecule has 1 aliphatic carbocycles. The standard InChI is InChI=1S/C16H17N3O3S/c20-15(9-23-16-17-5-6-19(16)12-2-3-12)18-8-11-1-4-13-14(7-11)22-10-21-13/h1,4-7,12H,2-3,8-10H2,(H,18,20). The molecule has 1 aromatic carbocycles. The smallest absolute Gasteiger partial charge is 0.231 e. The van der Waals surface area contributed by atoms with E-state index in [1.807, 2.05) is 24.4 Å². The van der Waals surface area contributed by atoms with Crippen molar-refractivity contribution in [1.82, 2.24) is 14.9 Å². The Hall–Kier alpha value is -2.15. The van der Waals surface area contributed by atoms with E-state index in [-0.39, 0.29) is 12.7 Å². The first-order valence-corrected chi connectivity index (χ1v) is 8.59. The van der Waals surface area contributed by atoms with Crippen molar-refractivity contribution < 1.29 is 14.3 Å². The third-order valence-corrected chi connectivity index (χ3v) is 4.81. The van der Waals surface area contributed by atoms with Crippen molar-refractivity contribution in [1.29, 1.82) is 0 Å². The second kappa shape index (κ2) is 6.16. The Bertz CT molecular complexity index is 727. The number of fused-ring (bicyclic) bond motifs is 1. The van der Waals surface area contributed by atoms with Crippen LogP contribution >= 0.6 is 11.8 Å². The second-order valence-corrected chi connectivity index (χ2v) is 6.54. The van der Waals surface area contributed by atoms with Gasteiger partial charge in [-0.2, -0.15) is 0 Å². The molecule has 0 saturated heterocycles. The molecule has 0 spiro atoms. The minimum absolute atomic E-state index is 0.00184. The summed E-state index contributed by atoms with van der Waals surface area (Å²) in [5.41, 5.74) is 0.993. The molecule has 0 atom stereocenters. The Morgan fingerprint density at radius 3 is 3.09 bits per heavy atom. The summed E-state index contributed by atoms with van der Waals surface area (Å²) in [4.78, 5) is 16.3. The van der Waals surface area contributed by atoms with Crippen molar-refractivity contribution >= 4 is 17.7 Å².